The Labute approximate surface area is 175 Å². The van der Waals surface area contributed by atoms with Crippen LogP contribution in [0.3, 0.4) is 0 Å². The number of aromatic nitrogens is 3. The number of para-hydroxylation sites is 1. The van der Waals surface area contributed by atoms with Gasteiger partial charge in [-0.1, -0.05) is 36.9 Å². The van der Waals surface area contributed by atoms with Gasteiger partial charge in [-0.05, 0) is 31.5 Å². The molecule has 10 heteroatoms. The van der Waals surface area contributed by atoms with Crippen LogP contribution in [-0.4, -0.2) is 39.0 Å². The number of rotatable bonds is 8. The van der Waals surface area contributed by atoms with Crippen molar-refractivity contribution < 1.29 is 14.3 Å². The van der Waals surface area contributed by atoms with Crippen LogP contribution in [0.1, 0.15) is 29.1 Å². The maximum Gasteiger partial charge on any atom is 0.348 e. The molecule has 3 aromatic rings. The van der Waals surface area contributed by atoms with Gasteiger partial charge in [-0.15, -0.1) is 16.4 Å². The number of aryl methyl sites for hydroxylation is 1. The molecule has 0 aliphatic carbocycles. The SMILES string of the molecule is CCOC(=O)c1cc(CC)sc1NC(=O)CSc1nn(-c2ccccc2)c(=O)[nH]1. The summed E-state index contributed by atoms with van der Waals surface area (Å²) < 4.78 is 6.30. The van der Waals surface area contributed by atoms with Gasteiger partial charge >= 0.3 is 11.7 Å². The molecule has 152 valence electrons. The van der Waals surface area contributed by atoms with E-state index in [0.717, 1.165) is 23.1 Å². The lowest BCUT2D eigenvalue weighted by molar-refractivity contribution is -0.113. The molecule has 0 aliphatic rings. The molecule has 0 aliphatic heterocycles. The quantitative estimate of drug-likeness (QED) is 0.419. The maximum atomic E-state index is 12.4. The summed E-state index contributed by atoms with van der Waals surface area (Å²) in [7, 11) is 0. The van der Waals surface area contributed by atoms with Gasteiger partial charge in [0.1, 0.15) is 5.00 Å². The molecule has 0 spiro atoms. The number of carbonyl (C=O) groups is 2. The van der Waals surface area contributed by atoms with Crippen LogP contribution in [0.2, 0.25) is 0 Å². The van der Waals surface area contributed by atoms with Gasteiger partial charge in [0.25, 0.3) is 0 Å². The molecular formula is C19H20N4O4S2. The Morgan fingerprint density at radius 3 is 2.72 bits per heavy atom. The molecule has 0 saturated carbocycles. The van der Waals surface area contributed by atoms with Crippen LogP contribution in [0.4, 0.5) is 5.00 Å². The lowest BCUT2D eigenvalue weighted by Gasteiger charge is -2.05. The van der Waals surface area contributed by atoms with Crippen LogP contribution in [0, 0.1) is 0 Å². The van der Waals surface area contributed by atoms with Crippen molar-refractivity contribution in [2.24, 2.45) is 0 Å². The first kappa shape index (κ1) is 20.9. The number of thioether (sulfide) groups is 1. The van der Waals surface area contributed by atoms with E-state index >= 15 is 0 Å². The standard InChI is InChI=1S/C19H20N4O4S2/c1-3-13-10-14(17(25)27-4-2)16(29-13)20-15(24)11-28-18-21-19(26)23(22-18)12-8-6-5-7-9-12/h5-10H,3-4,11H2,1-2H3,(H,20,24)(H,21,22,26). The Balaban J connectivity index is 1.66. The number of ether oxygens (including phenoxy) is 1. The van der Waals surface area contributed by atoms with Crippen molar-refractivity contribution in [3.63, 3.8) is 0 Å². The van der Waals surface area contributed by atoms with Gasteiger partial charge in [-0.25, -0.2) is 9.59 Å². The minimum Gasteiger partial charge on any atom is -0.462 e. The molecule has 0 radical (unpaired) electrons. The van der Waals surface area contributed by atoms with E-state index in [1.807, 2.05) is 25.1 Å². The predicted octanol–water partition coefficient (Wildman–Crippen LogP) is 3.09. The number of H-pyrrole nitrogens is 1. The highest BCUT2D eigenvalue weighted by Gasteiger charge is 2.19. The Kier molecular flexibility index (Phi) is 6.89. The summed E-state index contributed by atoms with van der Waals surface area (Å²) in [6.07, 6.45) is 0.750. The monoisotopic (exact) mass is 432 g/mol. The minimum atomic E-state index is -0.461. The molecule has 1 amide bonds. The second-order valence-electron chi connectivity index (χ2n) is 5.85. The Morgan fingerprint density at radius 1 is 1.28 bits per heavy atom. The smallest absolute Gasteiger partial charge is 0.348 e. The summed E-state index contributed by atoms with van der Waals surface area (Å²) in [5, 5.41) is 7.77. The number of nitrogens with one attached hydrogen (secondary N) is 2. The van der Waals surface area contributed by atoms with Crippen LogP contribution in [0.25, 0.3) is 5.69 Å². The third-order valence-electron chi connectivity index (χ3n) is 3.82. The van der Waals surface area contributed by atoms with E-state index in [9.17, 15) is 14.4 Å². The molecular weight excluding hydrogens is 412 g/mol. The number of anilines is 1. The van der Waals surface area contributed by atoms with E-state index in [0.29, 0.717) is 21.4 Å². The second-order valence-corrected chi connectivity index (χ2v) is 7.95. The highest BCUT2D eigenvalue weighted by atomic mass is 32.2. The van der Waals surface area contributed by atoms with Gasteiger partial charge < -0.3 is 10.1 Å². The van der Waals surface area contributed by atoms with Crippen LogP contribution in [-0.2, 0) is 16.0 Å². The topological polar surface area (TPSA) is 106 Å². The largest absolute Gasteiger partial charge is 0.462 e. The zero-order valence-corrected chi connectivity index (χ0v) is 17.6. The van der Waals surface area contributed by atoms with Gasteiger partial charge in [0.05, 0.1) is 23.6 Å². The Morgan fingerprint density at radius 2 is 2.03 bits per heavy atom. The highest BCUT2D eigenvalue weighted by molar-refractivity contribution is 7.99. The van der Waals surface area contributed by atoms with E-state index in [1.54, 1.807) is 25.1 Å². The van der Waals surface area contributed by atoms with E-state index in [1.165, 1.54) is 16.0 Å². The van der Waals surface area contributed by atoms with E-state index < -0.39 is 5.97 Å². The van der Waals surface area contributed by atoms with Gasteiger partial charge in [-0.2, -0.15) is 4.68 Å². The Bertz CT molecular complexity index is 1060. The van der Waals surface area contributed by atoms with E-state index in [4.69, 9.17) is 4.74 Å². The summed E-state index contributed by atoms with van der Waals surface area (Å²) in [5.41, 5.74) is 0.609. The number of benzene rings is 1. The number of aromatic amines is 1. The van der Waals surface area contributed by atoms with E-state index in [2.05, 4.69) is 15.4 Å². The molecule has 29 heavy (non-hydrogen) atoms. The molecule has 2 heterocycles. The molecule has 2 N–H and O–H groups in total. The lowest BCUT2D eigenvalue weighted by atomic mass is 10.2. The van der Waals surface area contributed by atoms with Crippen molar-refractivity contribution in [2.45, 2.75) is 25.4 Å². The summed E-state index contributed by atoms with van der Waals surface area (Å²) in [6, 6.07) is 10.7. The summed E-state index contributed by atoms with van der Waals surface area (Å²) in [4.78, 5) is 40.2. The predicted molar refractivity (Wildman–Crippen MR) is 113 cm³/mol. The second kappa shape index (κ2) is 9.57. The number of esters is 1. The molecule has 0 saturated heterocycles. The number of hydrogen-bond donors (Lipinski definition) is 2. The van der Waals surface area contributed by atoms with Gasteiger partial charge in [0.15, 0.2) is 5.16 Å². The van der Waals surface area contributed by atoms with Gasteiger partial charge in [-0.3, -0.25) is 9.78 Å². The molecule has 8 nitrogen and oxygen atoms in total. The van der Waals surface area contributed by atoms with Crippen molar-refractivity contribution in [1.82, 2.24) is 14.8 Å². The molecule has 0 atom stereocenters. The van der Waals surface area contributed by atoms with Crippen LogP contribution in [0.15, 0.2) is 46.3 Å². The average molecular weight is 433 g/mol. The fraction of sp³-hybridized carbons (Fsp3) is 0.263. The fourth-order valence-electron chi connectivity index (χ4n) is 2.48. The van der Waals surface area contributed by atoms with Gasteiger partial charge in [0.2, 0.25) is 5.91 Å². The maximum absolute atomic E-state index is 12.4. The van der Waals surface area contributed by atoms with Crippen molar-refractivity contribution in [1.29, 1.82) is 0 Å². The molecule has 3 rings (SSSR count). The number of hydrogen-bond acceptors (Lipinski definition) is 7. The normalized spacial score (nSPS) is 10.7. The molecule has 0 bridgehead atoms. The van der Waals surface area contributed by atoms with E-state index in [-0.39, 0.29) is 24.0 Å². The summed E-state index contributed by atoms with van der Waals surface area (Å²) in [6.45, 7) is 3.97. The van der Waals surface area contributed by atoms with Crippen LogP contribution >= 0.6 is 23.1 Å². The summed E-state index contributed by atoms with van der Waals surface area (Å²) >= 11 is 2.45. The number of thiophene rings is 1. The molecule has 1 aromatic carbocycles. The zero-order valence-electron chi connectivity index (χ0n) is 15.9. The lowest BCUT2D eigenvalue weighted by Crippen LogP contribution is -2.16. The van der Waals surface area contributed by atoms with Crippen LogP contribution in [0.5, 0.6) is 0 Å². The van der Waals surface area contributed by atoms with Crippen LogP contribution < -0.4 is 11.0 Å². The first-order chi connectivity index (χ1) is 14.0. The van der Waals surface area contributed by atoms with Crippen molar-refractivity contribution in [2.75, 3.05) is 17.7 Å². The third-order valence-corrected chi connectivity index (χ3v) is 5.88. The third kappa shape index (κ3) is 5.15. The Hall–Kier alpha value is -2.85. The minimum absolute atomic E-state index is 0.0311. The zero-order chi connectivity index (χ0) is 20.8. The molecule has 0 fully saturated rings. The highest BCUT2D eigenvalue weighted by Crippen LogP contribution is 2.29. The number of carbonyl (C=O) groups excluding carboxylic acids is 2. The first-order valence-corrected chi connectivity index (χ1v) is 10.8. The number of amides is 1. The van der Waals surface area contributed by atoms with Crippen molar-refractivity contribution >= 4 is 40.0 Å². The molecule has 2 aromatic heterocycles. The number of nitrogens with zero attached hydrogens (tertiary/aromatic N) is 2. The first-order valence-electron chi connectivity index (χ1n) is 8.99. The van der Waals surface area contributed by atoms with Gasteiger partial charge in [0, 0.05) is 4.88 Å². The molecule has 0 unspecified atom stereocenters. The fourth-order valence-corrected chi connectivity index (χ4v) is 4.12. The van der Waals surface area contributed by atoms with Crippen molar-refractivity contribution in [3.05, 3.63) is 57.3 Å². The summed E-state index contributed by atoms with van der Waals surface area (Å²) in [5.74, 6) is -0.735. The van der Waals surface area contributed by atoms with Crippen molar-refractivity contribution in [3.8, 4) is 5.69 Å². The average Bonchev–Trinajstić information content (AvgIpc) is 3.30.